The smallest absolute Gasteiger partial charge is 0.257 e. The van der Waals surface area contributed by atoms with Crippen molar-refractivity contribution in [2.24, 2.45) is 5.41 Å². The summed E-state index contributed by atoms with van der Waals surface area (Å²) >= 11 is 0. The molecule has 0 bridgehead atoms. The second-order valence-electron chi connectivity index (χ2n) is 9.33. The Hall–Kier alpha value is -1.89. The van der Waals surface area contributed by atoms with Crippen molar-refractivity contribution in [2.45, 2.75) is 51.4 Å². The molecule has 1 atom stereocenters. The monoisotopic (exact) mass is 387 g/mol. The molecular formula is C21H33N5O2. The van der Waals surface area contributed by atoms with Crippen LogP contribution in [0.4, 0.5) is 0 Å². The molecule has 2 saturated heterocycles. The summed E-state index contributed by atoms with van der Waals surface area (Å²) in [5.41, 5.74) is 2.70. The van der Waals surface area contributed by atoms with E-state index in [0.717, 1.165) is 81.8 Å². The highest BCUT2D eigenvalue weighted by Gasteiger charge is 2.43. The van der Waals surface area contributed by atoms with Gasteiger partial charge in [0.05, 0.1) is 11.3 Å². The minimum Gasteiger partial charge on any atom is -0.341 e. The fourth-order valence-electron chi connectivity index (χ4n) is 4.87. The third-order valence-corrected chi connectivity index (χ3v) is 6.67. The minimum absolute atomic E-state index is 0.0471. The fraction of sp³-hybridized carbons (Fsp3) is 0.762. The van der Waals surface area contributed by atoms with Crippen molar-refractivity contribution in [2.75, 3.05) is 46.8 Å². The number of hydrogen-bond donors (Lipinski definition) is 1. The molecule has 2 aliphatic heterocycles. The van der Waals surface area contributed by atoms with Crippen molar-refractivity contribution in [3.05, 3.63) is 17.0 Å². The van der Waals surface area contributed by atoms with Crippen molar-refractivity contribution in [3.63, 3.8) is 0 Å². The van der Waals surface area contributed by atoms with Crippen LogP contribution in [0.1, 0.15) is 66.2 Å². The van der Waals surface area contributed by atoms with Crippen LogP contribution in [0.3, 0.4) is 0 Å². The molecule has 1 aromatic rings. The number of likely N-dealkylation sites (tertiary alicyclic amines) is 2. The number of aromatic nitrogens is 2. The van der Waals surface area contributed by atoms with Gasteiger partial charge in [-0.25, -0.2) is 0 Å². The standard InChI is InChI=1S/C21H33N5O2/c1-15-18(19(23-22-15)16-5-6-16)20(28)26-10-4-8-21(14-26)9-7-17(27)25(13-21)12-11-24(2)3/h16H,4-14H2,1-3H3,(H,22,23)/t21-/m1/s1. The number of rotatable bonds is 5. The van der Waals surface area contributed by atoms with Crippen molar-refractivity contribution < 1.29 is 9.59 Å². The molecule has 7 nitrogen and oxygen atoms in total. The van der Waals surface area contributed by atoms with E-state index in [1.807, 2.05) is 30.8 Å². The number of amides is 2. The van der Waals surface area contributed by atoms with E-state index in [4.69, 9.17) is 0 Å². The molecule has 2 amide bonds. The summed E-state index contributed by atoms with van der Waals surface area (Å²) in [7, 11) is 4.08. The first-order valence-electron chi connectivity index (χ1n) is 10.7. The van der Waals surface area contributed by atoms with Crippen LogP contribution in [-0.2, 0) is 4.79 Å². The third-order valence-electron chi connectivity index (χ3n) is 6.67. The maximum Gasteiger partial charge on any atom is 0.257 e. The Labute approximate surface area is 167 Å². The first-order valence-corrected chi connectivity index (χ1v) is 10.7. The summed E-state index contributed by atoms with van der Waals surface area (Å²) in [6, 6.07) is 0. The molecule has 7 heteroatoms. The molecular weight excluding hydrogens is 354 g/mol. The first-order chi connectivity index (χ1) is 13.4. The molecule has 28 heavy (non-hydrogen) atoms. The predicted molar refractivity (Wildman–Crippen MR) is 107 cm³/mol. The quantitative estimate of drug-likeness (QED) is 0.839. The normalized spacial score (nSPS) is 25.8. The fourth-order valence-corrected chi connectivity index (χ4v) is 4.87. The Bertz CT molecular complexity index is 754. The van der Waals surface area contributed by atoms with Crippen LogP contribution < -0.4 is 0 Å². The SMILES string of the molecule is Cc1[nH]nc(C2CC2)c1C(=O)N1CCC[C@]2(CCC(=O)N(CCN(C)C)C2)C1. The van der Waals surface area contributed by atoms with Gasteiger partial charge in [0.1, 0.15) is 0 Å². The number of nitrogens with one attached hydrogen (secondary N) is 1. The summed E-state index contributed by atoms with van der Waals surface area (Å²) in [5.74, 6) is 0.845. The van der Waals surface area contributed by atoms with Gasteiger partial charge in [-0.2, -0.15) is 5.10 Å². The zero-order chi connectivity index (χ0) is 19.9. The van der Waals surface area contributed by atoms with Gasteiger partial charge in [0.25, 0.3) is 5.91 Å². The topological polar surface area (TPSA) is 72.5 Å². The average molecular weight is 388 g/mol. The zero-order valence-corrected chi connectivity index (χ0v) is 17.5. The molecule has 1 saturated carbocycles. The lowest BCUT2D eigenvalue weighted by molar-refractivity contribution is -0.139. The highest BCUT2D eigenvalue weighted by atomic mass is 16.2. The summed E-state index contributed by atoms with van der Waals surface area (Å²) in [6.07, 6.45) is 5.88. The highest BCUT2D eigenvalue weighted by molar-refractivity contribution is 5.96. The van der Waals surface area contributed by atoms with Crippen LogP contribution >= 0.6 is 0 Å². The molecule has 1 aliphatic carbocycles. The van der Waals surface area contributed by atoms with Crippen molar-refractivity contribution in [3.8, 4) is 0 Å². The lowest BCUT2D eigenvalue weighted by atomic mass is 9.73. The maximum absolute atomic E-state index is 13.4. The highest BCUT2D eigenvalue weighted by Crippen LogP contribution is 2.43. The first kappa shape index (κ1) is 19.4. The van der Waals surface area contributed by atoms with E-state index in [-0.39, 0.29) is 17.2 Å². The van der Waals surface area contributed by atoms with Crippen LogP contribution in [0, 0.1) is 12.3 Å². The summed E-state index contributed by atoms with van der Waals surface area (Å²) in [6.45, 7) is 5.95. The Balaban J connectivity index is 1.49. The molecule has 1 spiro atoms. The predicted octanol–water partition coefficient (Wildman–Crippen LogP) is 2.00. The van der Waals surface area contributed by atoms with E-state index < -0.39 is 0 Å². The molecule has 1 N–H and O–H groups in total. The zero-order valence-electron chi connectivity index (χ0n) is 17.5. The average Bonchev–Trinajstić information content (AvgIpc) is 3.44. The number of H-pyrrole nitrogens is 1. The van der Waals surface area contributed by atoms with Gasteiger partial charge in [0.2, 0.25) is 5.91 Å². The van der Waals surface area contributed by atoms with Crippen LogP contribution in [0.15, 0.2) is 0 Å². The number of aryl methyl sites for hydroxylation is 1. The molecule has 0 unspecified atom stereocenters. The van der Waals surface area contributed by atoms with E-state index in [0.29, 0.717) is 12.3 Å². The second-order valence-corrected chi connectivity index (χ2v) is 9.33. The molecule has 1 aromatic heterocycles. The van der Waals surface area contributed by atoms with Gasteiger partial charge in [-0.3, -0.25) is 14.7 Å². The van der Waals surface area contributed by atoms with Crippen LogP contribution in [-0.4, -0.2) is 83.5 Å². The third kappa shape index (κ3) is 3.81. The van der Waals surface area contributed by atoms with Gasteiger partial charge in [0, 0.05) is 56.2 Å². The molecule has 3 aliphatic rings. The Morgan fingerprint density at radius 1 is 1.29 bits per heavy atom. The summed E-state index contributed by atoms with van der Waals surface area (Å²) < 4.78 is 0. The number of carbonyl (C=O) groups excluding carboxylic acids is 2. The minimum atomic E-state index is 0.0471. The molecule has 154 valence electrons. The van der Waals surface area contributed by atoms with E-state index in [2.05, 4.69) is 15.1 Å². The van der Waals surface area contributed by atoms with Crippen molar-refractivity contribution >= 4 is 11.8 Å². The van der Waals surface area contributed by atoms with Gasteiger partial charge >= 0.3 is 0 Å². The molecule has 0 aromatic carbocycles. The van der Waals surface area contributed by atoms with E-state index in [1.165, 1.54) is 0 Å². The molecule has 3 heterocycles. The van der Waals surface area contributed by atoms with E-state index in [1.54, 1.807) is 0 Å². The van der Waals surface area contributed by atoms with Gasteiger partial charge < -0.3 is 14.7 Å². The van der Waals surface area contributed by atoms with Gasteiger partial charge in [0.15, 0.2) is 0 Å². The Morgan fingerprint density at radius 2 is 2.07 bits per heavy atom. The number of nitrogens with zero attached hydrogens (tertiary/aromatic N) is 4. The van der Waals surface area contributed by atoms with Crippen molar-refractivity contribution in [1.82, 2.24) is 24.9 Å². The van der Waals surface area contributed by atoms with Crippen LogP contribution in [0.5, 0.6) is 0 Å². The van der Waals surface area contributed by atoms with Gasteiger partial charge in [-0.05, 0) is 53.1 Å². The molecule has 0 radical (unpaired) electrons. The lowest BCUT2D eigenvalue weighted by Crippen LogP contribution is -2.55. The van der Waals surface area contributed by atoms with Crippen molar-refractivity contribution in [1.29, 1.82) is 0 Å². The van der Waals surface area contributed by atoms with E-state index in [9.17, 15) is 9.59 Å². The number of aromatic amines is 1. The number of piperidine rings is 2. The van der Waals surface area contributed by atoms with Crippen LogP contribution in [0.2, 0.25) is 0 Å². The largest absolute Gasteiger partial charge is 0.341 e. The Kier molecular flexibility index (Phi) is 5.21. The Morgan fingerprint density at radius 3 is 2.79 bits per heavy atom. The number of hydrogen-bond acceptors (Lipinski definition) is 4. The van der Waals surface area contributed by atoms with Crippen LogP contribution in [0.25, 0.3) is 0 Å². The second kappa shape index (κ2) is 7.50. The lowest BCUT2D eigenvalue weighted by Gasteiger charge is -2.48. The summed E-state index contributed by atoms with van der Waals surface area (Å²) in [4.78, 5) is 32.0. The van der Waals surface area contributed by atoms with Gasteiger partial charge in [-0.15, -0.1) is 0 Å². The van der Waals surface area contributed by atoms with E-state index >= 15 is 0 Å². The summed E-state index contributed by atoms with van der Waals surface area (Å²) in [5, 5.41) is 7.47. The molecule has 4 rings (SSSR count). The maximum atomic E-state index is 13.4. The number of likely N-dealkylation sites (N-methyl/N-ethyl adjacent to an activating group) is 1. The molecule has 3 fully saturated rings. The van der Waals surface area contributed by atoms with Gasteiger partial charge in [-0.1, -0.05) is 0 Å². The number of carbonyl (C=O) groups is 2.